The maximum Gasteiger partial charge on any atom is 0.336 e. The van der Waals surface area contributed by atoms with Gasteiger partial charge < -0.3 is 14.2 Å². The van der Waals surface area contributed by atoms with Crippen molar-refractivity contribution in [3.63, 3.8) is 0 Å². The lowest BCUT2D eigenvalue weighted by molar-refractivity contribution is -0.128. The van der Waals surface area contributed by atoms with Crippen LogP contribution in [0.5, 0.6) is 17.2 Å². The van der Waals surface area contributed by atoms with Gasteiger partial charge in [-0.1, -0.05) is 23.8 Å². The lowest BCUT2D eigenvalue weighted by atomic mass is 10.2. The highest BCUT2D eigenvalue weighted by Gasteiger charge is 2.04. The van der Waals surface area contributed by atoms with Crippen molar-refractivity contribution in [2.24, 2.45) is 4.99 Å². The Morgan fingerprint density at radius 2 is 1.50 bits per heavy atom. The highest BCUT2D eigenvalue weighted by atomic mass is 16.5. The van der Waals surface area contributed by atoms with Crippen LogP contribution in [0.1, 0.15) is 16.7 Å². The SMILES string of the molecule is COc1ccc(C=CC(=O)Oc2ccc(C=Nc3ccc(C)cc3)cc2)cc1OC. The predicted molar refractivity (Wildman–Crippen MR) is 119 cm³/mol. The Morgan fingerprint density at radius 3 is 2.17 bits per heavy atom. The smallest absolute Gasteiger partial charge is 0.336 e. The summed E-state index contributed by atoms with van der Waals surface area (Å²) in [6, 6.07) is 20.5. The minimum atomic E-state index is -0.467. The summed E-state index contributed by atoms with van der Waals surface area (Å²) in [6.45, 7) is 2.04. The van der Waals surface area contributed by atoms with Crippen molar-refractivity contribution >= 4 is 23.9 Å². The van der Waals surface area contributed by atoms with E-state index in [9.17, 15) is 4.79 Å². The van der Waals surface area contributed by atoms with Gasteiger partial charge in [-0.25, -0.2) is 4.79 Å². The standard InChI is InChI=1S/C25H23NO4/c1-18-4-10-21(11-5-18)26-17-20-6-12-22(13-7-20)30-25(27)15-9-19-8-14-23(28-2)24(16-19)29-3/h4-17H,1-3H3. The molecule has 0 heterocycles. The normalized spacial score (nSPS) is 11.0. The molecule has 0 saturated heterocycles. The average Bonchev–Trinajstić information content (AvgIpc) is 2.78. The first kappa shape index (κ1) is 20.9. The lowest BCUT2D eigenvalue weighted by Gasteiger charge is -2.07. The van der Waals surface area contributed by atoms with Gasteiger partial charge in [-0.2, -0.15) is 0 Å². The number of carbonyl (C=O) groups is 1. The van der Waals surface area contributed by atoms with Gasteiger partial charge in [0.1, 0.15) is 5.75 Å². The molecule has 0 amide bonds. The first-order valence-corrected chi connectivity index (χ1v) is 9.40. The molecule has 30 heavy (non-hydrogen) atoms. The first-order valence-electron chi connectivity index (χ1n) is 9.40. The van der Waals surface area contributed by atoms with E-state index in [0.717, 1.165) is 16.8 Å². The zero-order valence-corrected chi connectivity index (χ0v) is 17.2. The molecule has 0 spiro atoms. The first-order chi connectivity index (χ1) is 14.6. The van der Waals surface area contributed by atoms with Gasteiger partial charge in [0.05, 0.1) is 19.9 Å². The van der Waals surface area contributed by atoms with E-state index in [1.807, 2.05) is 49.4 Å². The van der Waals surface area contributed by atoms with Crippen molar-refractivity contribution in [1.29, 1.82) is 0 Å². The van der Waals surface area contributed by atoms with Crippen molar-refractivity contribution in [1.82, 2.24) is 0 Å². The van der Waals surface area contributed by atoms with Gasteiger partial charge in [-0.15, -0.1) is 0 Å². The molecular weight excluding hydrogens is 378 g/mol. The van der Waals surface area contributed by atoms with E-state index < -0.39 is 5.97 Å². The highest BCUT2D eigenvalue weighted by molar-refractivity contribution is 5.89. The van der Waals surface area contributed by atoms with Gasteiger partial charge in [0, 0.05) is 12.3 Å². The highest BCUT2D eigenvalue weighted by Crippen LogP contribution is 2.28. The van der Waals surface area contributed by atoms with Crippen LogP contribution in [-0.2, 0) is 4.79 Å². The molecule has 0 aromatic heterocycles. The number of carbonyl (C=O) groups excluding carboxylic acids is 1. The summed E-state index contributed by atoms with van der Waals surface area (Å²) >= 11 is 0. The fraction of sp³-hybridized carbons (Fsp3) is 0.120. The number of hydrogen-bond acceptors (Lipinski definition) is 5. The maximum atomic E-state index is 12.1. The van der Waals surface area contributed by atoms with Crippen LogP contribution in [0, 0.1) is 6.92 Å². The van der Waals surface area contributed by atoms with E-state index in [-0.39, 0.29) is 0 Å². The molecule has 0 atom stereocenters. The number of aryl methyl sites for hydroxylation is 1. The average molecular weight is 401 g/mol. The fourth-order valence-electron chi connectivity index (χ4n) is 2.67. The number of esters is 1. The van der Waals surface area contributed by atoms with E-state index in [2.05, 4.69) is 4.99 Å². The second-order valence-corrected chi connectivity index (χ2v) is 6.53. The molecule has 0 aliphatic carbocycles. The molecule has 5 heteroatoms. The predicted octanol–water partition coefficient (Wildman–Crippen LogP) is 5.38. The fourth-order valence-corrected chi connectivity index (χ4v) is 2.67. The number of aliphatic imine (C=N–C) groups is 1. The summed E-state index contributed by atoms with van der Waals surface area (Å²) in [4.78, 5) is 16.5. The molecule has 0 aliphatic rings. The van der Waals surface area contributed by atoms with Crippen molar-refractivity contribution in [3.05, 3.63) is 89.5 Å². The Kier molecular flexibility index (Phi) is 7.00. The second kappa shape index (κ2) is 10.1. The molecule has 5 nitrogen and oxygen atoms in total. The Morgan fingerprint density at radius 1 is 0.833 bits per heavy atom. The third-order valence-electron chi connectivity index (χ3n) is 4.31. The Labute approximate surface area is 176 Å². The van der Waals surface area contributed by atoms with Gasteiger partial charge in [0.25, 0.3) is 0 Å². The zero-order valence-electron chi connectivity index (χ0n) is 17.2. The van der Waals surface area contributed by atoms with Crippen LogP contribution in [0.25, 0.3) is 6.08 Å². The lowest BCUT2D eigenvalue weighted by Crippen LogP contribution is -2.03. The summed E-state index contributed by atoms with van der Waals surface area (Å²) in [6.07, 6.45) is 4.80. The van der Waals surface area contributed by atoms with E-state index in [1.54, 1.807) is 50.8 Å². The molecular formula is C25H23NO4. The van der Waals surface area contributed by atoms with Gasteiger partial charge in [-0.3, -0.25) is 4.99 Å². The van der Waals surface area contributed by atoms with E-state index in [1.165, 1.54) is 11.6 Å². The van der Waals surface area contributed by atoms with Crippen LogP contribution >= 0.6 is 0 Å². The maximum absolute atomic E-state index is 12.1. The summed E-state index contributed by atoms with van der Waals surface area (Å²) < 4.78 is 15.8. The second-order valence-electron chi connectivity index (χ2n) is 6.53. The Balaban J connectivity index is 1.59. The van der Waals surface area contributed by atoms with Crippen LogP contribution in [-0.4, -0.2) is 26.4 Å². The number of hydrogen-bond donors (Lipinski definition) is 0. The largest absolute Gasteiger partial charge is 0.493 e. The molecule has 0 bridgehead atoms. The van der Waals surface area contributed by atoms with Crippen molar-refractivity contribution in [3.8, 4) is 17.2 Å². The quantitative estimate of drug-likeness (QED) is 0.231. The van der Waals surface area contributed by atoms with Crippen LogP contribution in [0.4, 0.5) is 5.69 Å². The molecule has 0 radical (unpaired) electrons. The number of benzene rings is 3. The number of rotatable bonds is 7. The molecule has 0 saturated carbocycles. The zero-order chi connectivity index (χ0) is 21.3. The molecule has 0 N–H and O–H groups in total. The van der Waals surface area contributed by atoms with Crippen LogP contribution in [0.3, 0.4) is 0 Å². The van der Waals surface area contributed by atoms with Crippen LogP contribution in [0.15, 0.2) is 77.8 Å². The van der Waals surface area contributed by atoms with Gasteiger partial charge >= 0.3 is 5.97 Å². The molecule has 0 aliphatic heterocycles. The monoisotopic (exact) mass is 401 g/mol. The summed E-state index contributed by atoms with van der Waals surface area (Å²) in [5, 5.41) is 0. The van der Waals surface area contributed by atoms with Gasteiger partial charge in [0.2, 0.25) is 0 Å². The molecule has 3 aromatic carbocycles. The molecule has 0 fully saturated rings. The number of methoxy groups -OCH3 is 2. The number of nitrogens with zero attached hydrogens (tertiary/aromatic N) is 1. The molecule has 152 valence electrons. The molecule has 3 rings (SSSR count). The van der Waals surface area contributed by atoms with Gasteiger partial charge in [0.15, 0.2) is 11.5 Å². The van der Waals surface area contributed by atoms with E-state index >= 15 is 0 Å². The van der Waals surface area contributed by atoms with Crippen molar-refractivity contribution in [2.45, 2.75) is 6.92 Å². The van der Waals surface area contributed by atoms with E-state index in [4.69, 9.17) is 14.2 Å². The summed E-state index contributed by atoms with van der Waals surface area (Å²) in [5.41, 5.74) is 3.79. The Hall–Kier alpha value is -3.86. The third-order valence-corrected chi connectivity index (χ3v) is 4.31. The minimum absolute atomic E-state index is 0.462. The van der Waals surface area contributed by atoms with Gasteiger partial charge in [-0.05, 0) is 72.7 Å². The number of ether oxygens (including phenoxy) is 3. The molecule has 3 aromatic rings. The summed E-state index contributed by atoms with van der Waals surface area (Å²) in [5.74, 6) is 1.22. The Bertz CT molecular complexity index is 1050. The topological polar surface area (TPSA) is 57.1 Å². The summed E-state index contributed by atoms with van der Waals surface area (Å²) in [7, 11) is 3.14. The molecule has 0 unspecified atom stereocenters. The minimum Gasteiger partial charge on any atom is -0.493 e. The van der Waals surface area contributed by atoms with Crippen molar-refractivity contribution < 1.29 is 19.0 Å². The van der Waals surface area contributed by atoms with Crippen molar-refractivity contribution in [2.75, 3.05) is 14.2 Å². The van der Waals surface area contributed by atoms with E-state index in [0.29, 0.717) is 17.2 Å². The van der Waals surface area contributed by atoms with Crippen LogP contribution in [0.2, 0.25) is 0 Å². The van der Waals surface area contributed by atoms with Crippen LogP contribution < -0.4 is 14.2 Å². The third kappa shape index (κ3) is 5.82.